The number of hydrogen-bond acceptors (Lipinski definition) is 5. The maximum atomic E-state index is 12.5. The summed E-state index contributed by atoms with van der Waals surface area (Å²) in [7, 11) is 0. The van der Waals surface area contributed by atoms with Crippen molar-refractivity contribution in [1.29, 1.82) is 0 Å². The second kappa shape index (κ2) is 9.46. The van der Waals surface area contributed by atoms with Crippen LogP contribution in [0.2, 0.25) is 5.02 Å². The van der Waals surface area contributed by atoms with E-state index in [1.54, 1.807) is 36.4 Å². The van der Waals surface area contributed by atoms with Crippen LogP contribution in [0.15, 0.2) is 71.9 Å². The number of thioether (sulfide) groups is 1. The molecular formula is C24H21ClN4O2S. The van der Waals surface area contributed by atoms with E-state index in [0.29, 0.717) is 27.3 Å². The molecule has 32 heavy (non-hydrogen) atoms. The fourth-order valence-corrected chi connectivity index (χ4v) is 4.20. The number of nitrogens with one attached hydrogen (secondary N) is 1. The Morgan fingerprint density at radius 3 is 2.56 bits per heavy atom. The van der Waals surface area contributed by atoms with Crippen LogP contribution in [0.1, 0.15) is 11.1 Å². The first-order valence-electron chi connectivity index (χ1n) is 9.93. The number of benzene rings is 3. The zero-order chi connectivity index (χ0) is 22.7. The Bertz CT molecular complexity index is 1290. The van der Waals surface area contributed by atoms with Gasteiger partial charge in [-0.3, -0.25) is 9.36 Å². The van der Waals surface area contributed by atoms with Crippen LogP contribution in [-0.4, -0.2) is 31.5 Å². The molecule has 4 rings (SSSR count). The van der Waals surface area contributed by atoms with Gasteiger partial charge >= 0.3 is 0 Å². The van der Waals surface area contributed by atoms with Gasteiger partial charge in [0.2, 0.25) is 5.91 Å². The largest absolute Gasteiger partial charge is 0.507 e. The lowest BCUT2D eigenvalue weighted by atomic mass is 10.1. The van der Waals surface area contributed by atoms with Crippen LogP contribution in [0.4, 0.5) is 5.69 Å². The molecule has 6 nitrogen and oxygen atoms in total. The molecule has 0 saturated carbocycles. The summed E-state index contributed by atoms with van der Waals surface area (Å²) in [5.74, 6) is 0.530. The number of para-hydroxylation sites is 2. The Kier molecular flexibility index (Phi) is 6.48. The minimum atomic E-state index is -0.206. The number of nitrogens with zero attached hydrogens (tertiary/aromatic N) is 3. The highest BCUT2D eigenvalue weighted by Gasteiger charge is 2.21. The SMILES string of the molecule is Cc1cccc(-n2c(SCC(=O)Nc3ccccc3Cl)nnc2-c2ccccc2O)c1C. The molecule has 0 spiro atoms. The number of hydrogen-bond donors (Lipinski definition) is 2. The third-order valence-corrected chi connectivity index (χ3v) is 6.33. The molecule has 1 aromatic heterocycles. The van der Waals surface area contributed by atoms with E-state index in [-0.39, 0.29) is 17.4 Å². The number of carbonyl (C=O) groups excluding carboxylic acids is 1. The lowest BCUT2D eigenvalue weighted by Gasteiger charge is -2.15. The van der Waals surface area contributed by atoms with Crippen LogP contribution >= 0.6 is 23.4 Å². The number of carbonyl (C=O) groups is 1. The van der Waals surface area contributed by atoms with Crippen molar-refractivity contribution in [3.63, 3.8) is 0 Å². The van der Waals surface area contributed by atoms with Crippen molar-refractivity contribution < 1.29 is 9.90 Å². The third kappa shape index (κ3) is 4.49. The normalized spacial score (nSPS) is 10.8. The molecule has 4 aromatic rings. The molecule has 0 aliphatic rings. The summed E-state index contributed by atoms with van der Waals surface area (Å²) < 4.78 is 1.88. The highest BCUT2D eigenvalue weighted by Crippen LogP contribution is 2.34. The van der Waals surface area contributed by atoms with E-state index in [1.807, 2.05) is 48.7 Å². The predicted octanol–water partition coefficient (Wildman–Crippen LogP) is 5.64. The van der Waals surface area contributed by atoms with Crippen molar-refractivity contribution in [1.82, 2.24) is 14.8 Å². The van der Waals surface area contributed by atoms with E-state index in [1.165, 1.54) is 11.8 Å². The van der Waals surface area contributed by atoms with Gasteiger partial charge in [-0.1, -0.05) is 59.8 Å². The van der Waals surface area contributed by atoms with E-state index in [2.05, 4.69) is 15.5 Å². The Morgan fingerprint density at radius 2 is 1.78 bits per heavy atom. The molecule has 0 aliphatic heterocycles. The van der Waals surface area contributed by atoms with Gasteiger partial charge in [0.1, 0.15) is 5.75 Å². The minimum Gasteiger partial charge on any atom is -0.507 e. The average molecular weight is 465 g/mol. The van der Waals surface area contributed by atoms with Crippen LogP contribution in [-0.2, 0) is 4.79 Å². The number of aryl methyl sites for hydroxylation is 1. The lowest BCUT2D eigenvalue weighted by Crippen LogP contribution is -2.15. The maximum Gasteiger partial charge on any atom is 0.234 e. The maximum absolute atomic E-state index is 12.5. The molecule has 8 heteroatoms. The van der Waals surface area contributed by atoms with E-state index in [4.69, 9.17) is 11.6 Å². The fourth-order valence-electron chi connectivity index (χ4n) is 3.27. The van der Waals surface area contributed by atoms with Crippen LogP contribution < -0.4 is 5.32 Å². The van der Waals surface area contributed by atoms with Crippen molar-refractivity contribution in [3.05, 3.63) is 82.9 Å². The molecule has 0 saturated heterocycles. The van der Waals surface area contributed by atoms with Crippen molar-refractivity contribution in [2.24, 2.45) is 0 Å². The zero-order valence-electron chi connectivity index (χ0n) is 17.5. The summed E-state index contributed by atoms with van der Waals surface area (Å²) in [5.41, 5.74) is 4.19. The van der Waals surface area contributed by atoms with Gasteiger partial charge in [0, 0.05) is 0 Å². The monoisotopic (exact) mass is 464 g/mol. The molecule has 0 aliphatic carbocycles. The summed E-state index contributed by atoms with van der Waals surface area (Å²) in [6.45, 7) is 4.06. The smallest absolute Gasteiger partial charge is 0.234 e. The van der Waals surface area contributed by atoms with Gasteiger partial charge in [-0.15, -0.1) is 10.2 Å². The van der Waals surface area contributed by atoms with Crippen molar-refractivity contribution >= 4 is 35.0 Å². The van der Waals surface area contributed by atoms with E-state index in [9.17, 15) is 9.90 Å². The van der Waals surface area contributed by atoms with Crippen LogP contribution in [0.3, 0.4) is 0 Å². The second-order valence-corrected chi connectivity index (χ2v) is 8.54. The summed E-state index contributed by atoms with van der Waals surface area (Å²) >= 11 is 7.40. The predicted molar refractivity (Wildman–Crippen MR) is 129 cm³/mol. The second-order valence-electron chi connectivity index (χ2n) is 7.19. The highest BCUT2D eigenvalue weighted by atomic mass is 35.5. The third-order valence-electron chi connectivity index (χ3n) is 5.08. The quantitative estimate of drug-likeness (QED) is 0.361. The number of phenols is 1. The Balaban J connectivity index is 1.68. The molecule has 162 valence electrons. The summed E-state index contributed by atoms with van der Waals surface area (Å²) in [5, 5.41) is 22.9. The molecule has 0 bridgehead atoms. The minimum absolute atomic E-state index is 0.111. The average Bonchev–Trinajstić information content (AvgIpc) is 3.19. The molecule has 0 fully saturated rings. The van der Waals surface area contributed by atoms with E-state index in [0.717, 1.165) is 16.8 Å². The topological polar surface area (TPSA) is 80.0 Å². The molecule has 0 radical (unpaired) electrons. The first-order chi connectivity index (χ1) is 15.5. The zero-order valence-corrected chi connectivity index (χ0v) is 19.1. The number of aromatic hydroxyl groups is 1. The molecule has 1 heterocycles. The van der Waals surface area contributed by atoms with Crippen LogP contribution in [0.5, 0.6) is 5.75 Å². The van der Waals surface area contributed by atoms with Crippen molar-refractivity contribution in [2.75, 3.05) is 11.1 Å². The van der Waals surface area contributed by atoms with Gasteiger partial charge in [0.15, 0.2) is 11.0 Å². The molecule has 3 aromatic carbocycles. The summed E-state index contributed by atoms with van der Waals surface area (Å²) in [6, 6.07) is 20.1. The molecule has 2 N–H and O–H groups in total. The number of anilines is 1. The fraction of sp³-hybridized carbons (Fsp3) is 0.125. The molecule has 1 amide bonds. The van der Waals surface area contributed by atoms with Crippen molar-refractivity contribution in [2.45, 2.75) is 19.0 Å². The number of amides is 1. The summed E-state index contributed by atoms with van der Waals surface area (Å²) in [4.78, 5) is 12.5. The highest BCUT2D eigenvalue weighted by molar-refractivity contribution is 7.99. The first-order valence-corrected chi connectivity index (χ1v) is 11.3. The van der Waals surface area contributed by atoms with Gasteiger partial charge in [-0.25, -0.2) is 0 Å². The number of phenolic OH excluding ortho intramolecular Hbond substituents is 1. The first kappa shape index (κ1) is 21.9. The number of halogens is 1. The molecular weight excluding hydrogens is 444 g/mol. The number of aromatic nitrogens is 3. The Hall–Kier alpha value is -3.29. The van der Waals surface area contributed by atoms with Gasteiger partial charge < -0.3 is 10.4 Å². The van der Waals surface area contributed by atoms with E-state index < -0.39 is 0 Å². The van der Waals surface area contributed by atoms with Gasteiger partial charge in [-0.2, -0.15) is 0 Å². The van der Waals surface area contributed by atoms with Gasteiger partial charge in [-0.05, 0) is 55.3 Å². The van der Waals surface area contributed by atoms with Crippen molar-refractivity contribution in [3.8, 4) is 22.8 Å². The molecule has 0 atom stereocenters. The molecule has 0 unspecified atom stereocenters. The van der Waals surface area contributed by atoms with Gasteiger partial charge in [0.05, 0.1) is 27.7 Å². The Morgan fingerprint density at radius 1 is 1.03 bits per heavy atom. The van der Waals surface area contributed by atoms with Crippen LogP contribution in [0.25, 0.3) is 17.1 Å². The lowest BCUT2D eigenvalue weighted by molar-refractivity contribution is -0.113. The number of rotatable bonds is 6. The van der Waals surface area contributed by atoms with Crippen LogP contribution in [0, 0.1) is 13.8 Å². The standard InChI is InChI=1S/C24H21ClN4O2S/c1-15-8-7-12-20(16(15)2)29-23(17-9-3-6-13-21(17)30)27-28-24(29)32-14-22(31)26-19-11-5-4-10-18(19)25/h3-13,30H,14H2,1-2H3,(H,26,31). The Labute approximate surface area is 195 Å². The summed E-state index contributed by atoms with van der Waals surface area (Å²) in [6.07, 6.45) is 0. The van der Waals surface area contributed by atoms with E-state index >= 15 is 0 Å². The van der Waals surface area contributed by atoms with Gasteiger partial charge in [0.25, 0.3) is 0 Å².